The number of carbonyl (C=O) groups excluding carboxylic acids is 1. The highest BCUT2D eigenvalue weighted by molar-refractivity contribution is 7.07. The number of morpholine rings is 1. The standard InChI is InChI=1S/C19H20FN5O2S/c1-24-13-3-12(4-14(24)8-27-7-13)23-19(26)16-6-25(17-9-28-10-22-17)18-15(16)2-11(20)5-21-18/h2,5-6,9-10,12-14H,3-4,7-8H2,1H3,(H,23,26)/t12?,13-,14+. The van der Waals surface area contributed by atoms with Gasteiger partial charge in [0.15, 0.2) is 0 Å². The summed E-state index contributed by atoms with van der Waals surface area (Å²) in [6.07, 6.45) is 4.54. The Labute approximate surface area is 165 Å². The van der Waals surface area contributed by atoms with E-state index in [0.29, 0.717) is 47.7 Å². The molecule has 1 unspecified atom stereocenters. The number of thiazole rings is 1. The Morgan fingerprint density at radius 3 is 2.82 bits per heavy atom. The van der Waals surface area contributed by atoms with Crippen LogP contribution in [0.4, 0.5) is 4.39 Å². The molecule has 0 radical (unpaired) electrons. The minimum atomic E-state index is -0.469. The van der Waals surface area contributed by atoms with Crippen LogP contribution in [0.1, 0.15) is 23.2 Å². The van der Waals surface area contributed by atoms with Gasteiger partial charge in [-0.15, -0.1) is 11.3 Å². The number of pyridine rings is 1. The molecule has 5 rings (SSSR count). The van der Waals surface area contributed by atoms with Crippen LogP contribution >= 0.6 is 11.3 Å². The lowest BCUT2D eigenvalue weighted by molar-refractivity contribution is -0.0670. The summed E-state index contributed by atoms with van der Waals surface area (Å²) >= 11 is 1.45. The van der Waals surface area contributed by atoms with Gasteiger partial charge in [-0.25, -0.2) is 14.4 Å². The molecule has 2 bridgehead atoms. The maximum Gasteiger partial charge on any atom is 0.253 e. The number of fused-ring (bicyclic) bond motifs is 3. The topological polar surface area (TPSA) is 72.3 Å². The molecule has 1 amide bonds. The zero-order valence-corrected chi connectivity index (χ0v) is 16.2. The van der Waals surface area contributed by atoms with Crippen molar-refractivity contribution in [2.45, 2.75) is 31.0 Å². The van der Waals surface area contributed by atoms with Crippen LogP contribution in [0.5, 0.6) is 0 Å². The number of rotatable bonds is 3. The van der Waals surface area contributed by atoms with E-state index in [1.165, 1.54) is 17.4 Å². The quantitative estimate of drug-likeness (QED) is 0.729. The molecule has 0 spiro atoms. The monoisotopic (exact) mass is 401 g/mol. The number of carbonyl (C=O) groups is 1. The molecular weight excluding hydrogens is 381 g/mol. The first-order chi connectivity index (χ1) is 13.6. The Balaban J connectivity index is 1.46. The Morgan fingerprint density at radius 2 is 2.11 bits per heavy atom. The van der Waals surface area contributed by atoms with Crippen LogP contribution in [0.25, 0.3) is 16.9 Å². The SMILES string of the molecule is CN1[C@@H]2COC[C@H]1CC(NC(=O)c1cn(-c3cscn3)c3ncc(F)cc13)C2. The minimum Gasteiger partial charge on any atom is -0.378 e. The van der Waals surface area contributed by atoms with Crippen LogP contribution in [0, 0.1) is 5.82 Å². The first-order valence-electron chi connectivity index (χ1n) is 9.26. The molecule has 7 nitrogen and oxygen atoms in total. The second-order valence-corrected chi connectivity index (χ2v) is 8.16. The number of nitrogens with one attached hydrogen (secondary N) is 1. The van der Waals surface area contributed by atoms with Gasteiger partial charge in [0, 0.05) is 35.1 Å². The predicted molar refractivity (Wildman–Crippen MR) is 103 cm³/mol. The van der Waals surface area contributed by atoms with E-state index in [1.54, 1.807) is 16.3 Å². The van der Waals surface area contributed by atoms with E-state index in [4.69, 9.17) is 4.74 Å². The smallest absolute Gasteiger partial charge is 0.253 e. The summed E-state index contributed by atoms with van der Waals surface area (Å²) in [5.74, 6) is -0.0115. The number of piperidine rings is 1. The van der Waals surface area contributed by atoms with Gasteiger partial charge in [-0.1, -0.05) is 0 Å². The number of hydrogen-bond acceptors (Lipinski definition) is 6. The van der Waals surface area contributed by atoms with Crippen molar-refractivity contribution in [2.75, 3.05) is 20.3 Å². The summed E-state index contributed by atoms with van der Waals surface area (Å²) in [6.45, 7) is 1.38. The predicted octanol–water partition coefficient (Wildman–Crippen LogP) is 2.21. The van der Waals surface area contributed by atoms with Gasteiger partial charge in [-0.05, 0) is 26.0 Å². The number of likely N-dealkylation sites (N-methyl/N-ethyl adjacent to an activating group) is 1. The molecule has 3 atom stereocenters. The molecule has 2 saturated heterocycles. The van der Waals surface area contributed by atoms with Gasteiger partial charge in [-0.2, -0.15) is 0 Å². The molecule has 0 aromatic carbocycles. The molecule has 0 saturated carbocycles. The van der Waals surface area contributed by atoms with Crippen molar-refractivity contribution >= 4 is 28.3 Å². The Hall–Kier alpha value is -2.36. The van der Waals surface area contributed by atoms with E-state index < -0.39 is 5.82 Å². The van der Waals surface area contributed by atoms with Crippen molar-refractivity contribution in [3.05, 3.63) is 40.7 Å². The zero-order chi connectivity index (χ0) is 19.3. The van der Waals surface area contributed by atoms with Gasteiger partial charge in [0.2, 0.25) is 0 Å². The lowest BCUT2D eigenvalue weighted by Crippen LogP contribution is -2.59. The molecule has 2 aliphatic rings. The lowest BCUT2D eigenvalue weighted by Gasteiger charge is -2.46. The van der Waals surface area contributed by atoms with Gasteiger partial charge in [0.1, 0.15) is 17.3 Å². The maximum atomic E-state index is 13.9. The maximum absolute atomic E-state index is 13.9. The third kappa shape index (κ3) is 2.99. The fraction of sp³-hybridized carbons (Fsp3) is 0.421. The highest BCUT2D eigenvalue weighted by atomic mass is 32.1. The molecule has 2 aliphatic heterocycles. The molecule has 0 aliphatic carbocycles. The molecule has 1 N–H and O–H groups in total. The summed E-state index contributed by atoms with van der Waals surface area (Å²) in [5.41, 5.74) is 2.64. The van der Waals surface area contributed by atoms with Gasteiger partial charge >= 0.3 is 0 Å². The number of halogens is 1. The van der Waals surface area contributed by atoms with Crippen molar-refractivity contribution in [1.82, 2.24) is 24.8 Å². The van der Waals surface area contributed by atoms with Crippen molar-refractivity contribution < 1.29 is 13.9 Å². The average Bonchev–Trinajstić information content (AvgIpc) is 3.29. The van der Waals surface area contributed by atoms with Crippen LogP contribution in [0.15, 0.2) is 29.4 Å². The van der Waals surface area contributed by atoms with Crippen LogP contribution in [0.3, 0.4) is 0 Å². The van der Waals surface area contributed by atoms with E-state index >= 15 is 0 Å². The van der Waals surface area contributed by atoms with E-state index in [9.17, 15) is 9.18 Å². The van der Waals surface area contributed by atoms with E-state index in [2.05, 4.69) is 27.2 Å². The Morgan fingerprint density at radius 1 is 1.32 bits per heavy atom. The molecule has 3 aromatic rings. The largest absolute Gasteiger partial charge is 0.378 e. The minimum absolute atomic E-state index is 0.0711. The molecule has 9 heteroatoms. The molecule has 3 aromatic heterocycles. The molecular formula is C19H20FN5O2S. The summed E-state index contributed by atoms with van der Waals surface area (Å²) in [7, 11) is 2.12. The second kappa shape index (κ2) is 6.91. The van der Waals surface area contributed by atoms with Crippen molar-refractivity contribution in [3.8, 4) is 5.82 Å². The van der Waals surface area contributed by atoms with E-state index in [0.717, 1.165) is 19.0 Å². The van der Waals surface area contributed by atoms with Gasteiger partial charge in [-0.3, -0.25) is 14.3 Å². The highest BCUT2D eigenvalue weighted by Gasteiger charge is 2.37. The number of ether oxygens (including phenoxy) is 1. The van der Waals surface area contributed by atoms with E-state index in [-0.39, 0.29) is 11.9 Å². The second-order valence-electron chi connectivity index (χ2n) is 7.44. The van der Waals surface area contributed by atoms with Crippen LogP contribution in [-0.2, 0) is 4.74 Å². The van der Waals surface area contributed by atoms with Crippen LogP contribution in [-0.4, -0.2) is 63.7 Å². The van der Waals surface area contributed by atoms with Gasteiger partial charge in [0.05, 0.1) is 30.5 Å². The van der Waals surface area contributed by atoms with Crippen molar-refractivity contribution in [1.29, 1.82) is 0 Å². The summed E-state index contributed by atoms with van der Waals surface area (Å²) in [4.78, 5) is 23.9. The summed E-state index contributed by atoms with van der Waals surface area (Å²) in [6, 6.07) is 2.06. The molecule has 5 heterocycles. The molecule has 146 valence electrons. The Kier molecular flexibility index (Phi) is 4.37. The number of nitrogens with zero attached hydrogens (tertiary/aromatic N) is 4. The van der Waals surface area contributed by atoms with Crippen molar-refractivity contribution in [2.24, 2.45) is 0 Å². The molecule has 28 heavy (non-hydrogen) atoms. The number of aromatic nitrogens is 3. The van der Waals surface area contributed by atoms with Gasteiger partial charge < -0.3 is 10.1 Å². The Bertz CT molecular complexity index is 1010. The zero-order valence-electron chi connectivity index (χ0n) is 15.3. The summed E-state index contributed by atoms with van der Waals surface area (Å²) < 4.78 is 21.2. The number of amides is 1. The average molecular weight is 401 g/mol. The van der Waals surface area contributed by atoms with Gasteiger partial charge in [0.25, 0.3) is 5.91 Å². The van der Waals surface area contributed by atoms with Crippen molar-refractivity contribution in [3.63, 3.8) is 0 Å². The third-order valence-electron chi connectivity index (χ3n) is 5.74. The first kappa shape index (κ1) is 17.7. The normalized spacial score (nSPS) is 25.1. The fourth-order valence-corrected chi connectivity index (χ4v) is 4.76. The fourth-order valence-electron chi connectivity index (χ4n) is 4.24. The summed E-state index contributed by atoms with van der Waals surface area (Å²) in [5, 5.41) is 5.51. The number of hydrogen-bond donors (Lipinski definition) is 1. The molecule has 2 fully saturated rings. The van der Waals surface area contributed by atoms with Crippen LogP contribution in [0.2, 0.25) is 0 Å². The van der Waals surface area contributed by atoms with Crippen LogP contribution < -0.4 is 5.32 Å². The lowest BCUT2D eigenvalue weighted by atomic mass is 9.90. The highest BCUT2D eigenvalue weighted by Crippen LogP contribution is 2.28. The third-order valence-corrected chi connectivity index (χ3v) is 6.32. The first-order valence-corrected chi connectivity index (χ1v) is 10.2. The van der Waals surface area contributed by atoms with E-state index in [1.807, 2.05) is 5.38 Å².